The van der Waals surface area contributed by atoms with Crippen molar-refractivity contribution in [3.8, 4) is 0 Å². The number of nitrogens with zero attached hydrogens (tertiary/aromatic N) is 3. The van der Waals surface area contributed by atoms with Crippen LogP contribution in [0.5, 0.6) is 0 Å². The highest BCUT2D eigenvalue weighted by Crippen LogP contribution is 2.29. The molecule has 0 fully saturated rings. The molecule has 15 heavy (non-hydrogen) atoms. The number of hydrogen-bond acceptors (Lipinski definition) is 5. The minimum atomic E-state index is 0.395. The Balaban J connectivity index is 2.22. The highest BCUT2D eigenvalue weighted by atomic mass is 35.5. The monoisotopic (exact) mass is 238 g/mol. The zero-order valence-electron chi connectivity index (χ0n) is 7.59. The summed E-state index contributed by atoms with van der Waals surface area (Å²) in [6.07, 6.45) is 1.68. The van der Waals surface area contributed by atoms with Gasteiger partial charge in [-0.25, -0.2) is 4.98 Å². The molecule has 2 rings (SSSR count). The second kappa shape index (κ2) is 4.46. The van der Waals surface area contributed by atoms with E-state index in [1.165, 1.54) is 11.8 Å². The predicted octanol–water partition coefficient (Wildman–Crippen LogP) is 2.26. The molecule has 2 aromatic rings. The molecule has 0 aromatic carbocycles. The molecular formula is C9H7ClN4S. The van der Waals surface area contributed by atoms with Gasteiger partial charge in [-0.2, -0.15) is 0 Å². The van der Waals surface area contributed by atoms with Crippen LogP contribution in [-0.4, -0.2) is 15.2 Å². The van der Waals surface area contributed by atoms with Gasteiger partial charge in [0.15, 0.2) is 0 Å². The third-order valence-electron chi connectivity index (χ3n) is 1.59. The number of hydrogen-bond donors (Lipinski definition) is 1. The van der Waals surface area contributed by atoms with Crippen molar-refractivity contribution in [1.29, 1.82) is 0 Å². The molecule has 4 nitrogen and oxygen atoms in total. The molecule has 0 unspecified atom stereocenters. The summed E-state index contributed by atoms with van der Waals surface area (Å²) in [5.41, 5.74) is 5.43. The van der Waals surface area contributed by atoms with Crippen molar-refractivity contribution in [3.05, 3.63) is 35.5 Å². The summed E-state index contributed by atoms with van der Waals surface area (Å²) in [5.74, 6) is 0.395. The van der Waals surface area contributed by atoms with Crippen molar-refractivity contribution in [3.63, 3.8) is 0 Å². The zero-order valence-corrected chi connectivity index (χ0v) is 9.16. The summed E-state index contributed by atoms with van der Waals surface area (Å²) < 4.78 is 0. The third kappa shape index (κ3) is 2.57. The van der Waals surface area contributed by atoms with Crippen LogP contribution in [0.1, 0.15) is 0 Å². The van der Waals surface area contributed by atoms with Crippen molar-refractivity contribution >= 4 is 29.2 Å². The smallest absolute Gasteiger partial charge is 0.146 e. The molecule has 0 bridgehead atoms. The average Bonchev–Trinajstić information content (AvgIpc) is 2.25. The van der Waals surface area contributed by atoms with E-state index in [4.69, 9.17) is 17.3 Å². The molecule has 0 radical (unpaired) electrons. The molecule has 0 spiro atoms. The summed E-state index contributed by atoms with van der Waals surface area (Å²) in [5, 5.41) is 9.66. The van der Waals surface area contributed by atoms with E-state index in [0.29, 0.717) is 20.9 Å². The maximum atomic E-state index is 5.95. The largest absolute Gasteiger partial charge is 0.382 e. The summed E-state index contributed by atoms with van der Waals surface area (Å²) >= 11 is 7.30. The Morgan fingerprint density at radius 1 is 1.20 bits per heavy atom. The minimum absolute atomic E-state index is 0.395. The predicted molar refractivity (Wildman–Crippen MR) is 59.8 cm³/mol. The van der Waals surface area contributed by atoms with Gasteiger partial charge in [-0.1, -0.05) is 11.6 Å². The van der Waals surface area contributed by atoms with Crippen LogP contribution in [0.4, 0.5) is 5.82 Å². The number of nitrogen functional groups attached to an aromatic ring is 1. The molecule has 0 saturated carbocycles. The number of aromatic nitrogens is 3. The number of nitrogens with two attached hydrogens (primary N) is 1. The summed E-state index contributed by atoms with van der Waals surface area (Å²) in [6, 6.07) is 7.02. The van der Waals surface area contributed by atoms with Gasteiger partial charge in [-0.15, -0.1) is 10.2 Å². The Labute approximate surface area is 95.9 Å². The van der Waals surface area contributed by atoms with E-state index in [0.717, 1.165) is 0 Å². The Kier molecular flexibility index (Phi) is 3.03. The Hall–Kier alpha value is -1.33. The van der Waals surface area contributed by atoms with E-state index in [2.05, 4.69) is 15.2 Å². The molecule has 0 aliphatic heterocycles. The van der Waals surface area contributed by atoms with Gasteiger partial charge in [0.1, 0.15) is 15.9 Å². The van der Waals surface area contributed by atoms with Crippen LogP contribution in [0.2, 0.25) is 5.02 Å². The van der Waals surface area contributed by atoms with Crippen LogP contribution in [0.25, 0.3) is 0 Å². The molecule has 0 saturated heterocycles. The fraction of sp³-hybridized carbons (Fsp3) is 0. The van der Waals surface area contributed by atoms with Crippen molar-refractivity contribution < 1.29 is 0 Å². The number of anilines is 1. The quantitative estimate of drug-likeness (QED) is 0.870. The number of halogens is 1. The second-order valence-corrected chi connectivity index (χ2v) is 4.11. The van der Waals surface area contributed by atoms with Crippen LogP contribution in [0.15, 0.2) is 40.5 Å². The van der Waals surface area contributed by atoms with Crippen LogP contribution in [-0.2, 0) is 0 Å². The zero-order chi connectivity index (χ0) is 10.7. The molecule has 2 N–H and O–H groups in total. The van der Waals surface area contributed by atoms with E-state index in [-0.39, 0.29) is 0 Å². The maximum absolute atomic E-state index is 5.95. The van der Waals surface area contributed by atoms with Crippen LogP contribution < -0.4 is 5.73 Å². The SMILES string of the molecule is Nc1ccc(Sc2ncccc2Cl)nn1. The lowest BCUT2D eigenvalue weighted by Gasteiger charge is -2.00. The maximum Gasteiger partial charge on any atom is 0.146 e. The third-order valence-corrected chi connectivity index (χ3v) is 2.95. The lowest BCUT2D eigenvalue weighted by Crippen LogP contribution is -1.93. The number of rotatable bonds is 2. The van der Waals surface area contributed by atoms with Gasteiger partial charge in [0.25, 0.3) is 0 Å². The molecule has 0 atom stereocenters. The van der Waals surface area contributed by atoms with Crippen LogP contribution >= 0.6 is 23.4 Å². The molecule has 0 amide bonds. The van der Waals surface area contributed by atoms with Gasteiger partial charge in [0, 0.05) is 6.20 Å². The van der Waals surface area contributed by atoms with Crippen molar-refractivity contribution in [1.82, 2.24) is 15.2 Å². The van der Waals surface area contributed by atoms with Gasteiger partial charge >= 0.3 is 0 Å². The van der Waals surface area contributed by atoms with Gasteiger partial charge in [-0.05, 0) is 36.0 Å². The second-order valence-electron chi connectivity index (χ2n) is 2.69. The standard InChI is InChI=1S/C9H7ClN4S/c10-6-2-1-5-12-9(6)15-8-4-3-7(11)13-14-8/h1-5H,(H2,11,13). The lowest BCUT2D eigenvalue weighted by atomic mass is 10.5. The first-order chi connectivity index (χ1) is 7.25. The van der Waals surface area contributed by atoms with Crippen molar-refractivity contribution in [2.24, 2.45) is 0 Å². The summed E-state index contributed by atoms with van der Waals surface area (Å²) in [6.45, 7) is 0. The molecule has 6 heteroatoms. The fourth-order valence-electron chi connectivity index (χ4n) is 0.930. The normalized spacial score (nSPS) is 10.2. The number of pyridine rings is 1. The van der Waals surface area contributed by atoms with E-state index in [1.807, 2.05) is 0 Å². The Morgan fingerprint density at radius 2 is 2.07 bits per heavy atom. The molecule has 76 valence electrons. The summed E-state index contributed by atoms with van der Waals surface area (Å²) in [4.78, 5) is 4.13. The van der Waals surface area contributed by atoms with Gasteiger partial charge in [0.2, 0.25) is 0 Å². The first-order valence-electron chi connectivity index (χ1n) is 4.13. The van der Waals surface area contributed by atoms with Crippen molar-refractivity contribution in [2.75, 3.05) is 5.73 Å². The first kappa shape index (κ1) is 10.2. The molecule has 0 aliphatic rings. The van der Waals surface area contributed by atoms with E-state index < -0.39 is 0 Å². The van der Waals surface area contributed by atoms with Gasteiger partial charge in [0.05, 0.1) is 5.02 Å². The average molecular weight is 239 g/mol. The molecule has 2 aromatic heterocycles. The Morgan fingerprint density at radius 3 is 2.73 bits per heavy atom. The van der Waals surface area contributed by atoms with E-state index >= 15 is 0 Å². The Bertz CT molecular complexity index is 460. The van der Waals surface area contributed by atoms with E-state index in [9.17, 15) is 0 Å². The highest BCUT2D eigenvalue weighted by Gasteiger charge is 2.04. The fourth-order valence-corrected chi connectivity index (χ4v) is 1.86. The molecule has 2 heterocycles. The minimum Gasteiger partial charge on any atom is -0.382 e. The van der Waals surface area contributed by atoms with Gasteiger partial charge in [-0.3, -0.25) is 0 Å². The summed E-state index contributed by atoms with van der Waals surface area (Å²) in [7, 11) is 0. The molecular weight excluding hydrogens is 232 g/mol. The van der Waals surface area contributed by atoms with Crippen molar-refractivity contribution in [2.45, 2.75) is 10.1 Å². The highest BCUT2D eigenvalue weighted by molar-refractivity contribution is 7.99. The van der Waals surface area contributed by atoms with Crippen LogP contribution in [0, 0.1) is 0 Å². The first-order valence-corrected chi connectivity index (χ1v) is 5.33. The van der Waals surface area contributed by atoms with Gasteiger partial charge < -0.3 is 5.73 Å². The van der Waals surface area contributed by atoms with E-state index in [1.54, 1.807) is 30.5 Å². The lowest BCUT2D eigenvalue weighted by molar-refractivity contribution is 0.935. The molecule has 0 aliphatic carbocycles. The van der Waals surface area contributed by atoms with Crippen LogP contribution in [0.3, 0.4) is 0 Å². The topological polar surface area (TPSA) is 64.7 Å².